The molecule has 0 bridgehead atoms. The average Bonchev–Trinajstić information content (AvgIpc) is 2.42. The Hall–Kier alpha value is -0.000000000000000111. The van der Waals surface area contributed by atoms with Crippen LogP contribution in [0.15, 0.2) is 36.4 Å². The molecule has 0 fully saturated rings. The first-order valence-corrected chi connectivity index (χ1v) is 8.37. The predicted molar refractivity (Wildman–Crippen MR) is 96.2 cm³/mol. The molecule has 1 atom stereocenters. The third-order valence-electron chi connectivity index (χ3n) is 2.95. The third kappa shape index (κ3) is 3.80. The van der Waals surface area contributed by atoms with Gasteiger partial charge in [0.1, 0.15) is 0 Å². The second kappa shape index (κ2) is 7.32. The molecule has 0 aliphatic heterocycles. The van der Waals surface area contributed by atoms with Gasteiger partial charge in [-0.3, -0.25) is 0 Å². The first kappa shape index (κ1) is 16.4. The largest absolute Gasteiger partial charge is 0.306 e. The average molecular weight is 441 g/mol. The van der Waals surface area contributed by atoms with E-state index in [0.717, 1.165) is 26.3 Å². The zero-order chi connectivity index (χ0) is 14.7. The second-order valence-corrected chi connectivity index (χ2v) is 6.74. The number of benzene rings is 2. The summed E-state index contributed by atoms with van der Waals surface area (Å²) in [6.45, 7) is 2.91. The van der Waals surface area contributed by atoms with Gasteiger partial charge in [0, 0.05) is 8.59 Å². The normalized spacial score (nSPS) is 12.4. The van der Waals surface area contributed by atoms with Gasteiger partial charge in [-0.25, -0.2) is 0 Å². The minimum absolute atomic E-state index is 0.0420. The lowest BCUT2D eigenvalue weighted by atomic mass is 9.98. The molecule has 2 aromatic rings. The Labute approximate surface area is 147 Å². The van der Waals surface area contributed by atoms with Crippen molar-refractivity contribution in [2.24, 2.45) is 0 Å². The number of halogens is 4. The van der Waals surface area contributed by atoms with Gasteiger partial charge in [-0.2, -0.15) is 0 Å². The maximum Gasteiger partial charge on any atom is 0.0595 e. The smallest absolute Gasteiger partial charge is 0.0595 e. The number of nitrogens with one attached hydrogen (secondary N) is 1. The van der Waals surface area contributed by atoms with Crippen molar-refractivity contribution in [3.05, 3.63) is 66.2 Å². The van der Waals surface area contributed by atoms with Crippen LogP contribution < -0.4 is 5.32 Å². The standard InChI is InChI=1S/C15H13Cl3IN/c1-2-20-15(9-3-5-12(17)13(18)7-9)11-8-10(16)4-6-14(11)19/h3-8,15,20H,2H2,1H3. The molecule has 2 aromatic carbocycles. The summed E-state index contributed by atoms with van der Waals surface area (Å²) in [6, 6.07) is 11.6. The van der Waals surface area contributed by atoms with Crippen LogP contribution >= 0.6 is 57.4 Å². The van der Waals surface area contributed by atoms with E-state index in [-0.39, 0.29) is 6.04 Å². The molecule has 1 unspecified atom stereocenters. The fourth-order valence-electron chi connectivity index (χ4n) is 2.04. The van der Waals surface area contributed by atoms with Crippen LogP contribution in [0.3, 0.4) is 0 Å². The summed E-state index contributed by atoms with van der Waals surface area (Å²) in [5.41, 5.74) is 2.21. The monoisotopic (exact) mass is 439 g/mol. The van der Waals surface area contributed by atoms with E-state index in [2.05, 4.69) is 34.8 Å². The minimum Gasteiger partial charge on any atom is -0.306 e. The van der Waals surface area contributed by atoms with Crippen molar-refractivity contribution in [3.63, 3.8) is 0 Å². The quantitative estimate of drug-likeness (QED) is 0.580. The van der Waals surface area contributed by atoms with Gasteiger partial charge in [-0.15, -0.1) is 0 Å². The zero-order valence-electron chi connectivity index (χ0n) is 10.8. The summed E-state index contributed by atoms with van der Waals surface area (Å²) >= 11 is 20.6. The van der Waals surface area contributed by atoms with Gasteiger partial charge in [-0.05, 0) is 70.6 Å². The fourth-order valence-corrected chi connectivity index (χ4v) is 3.17. The summed E-state index contributed by atoms with van der Waals surface area (Å²) < 4.78 is 1.16. The van der Waals surface area contributed by atoms with Gasteiger partial charge < -0.3 is 5.32 Å². The Morgan fingerprint density at radius 2 is 1.80 bits per heavy atom. The van der Waals surface area contributed by atoms with Crippen LogP contribution in [0.4, 0.5) is 0 Å². The van der Waals surface area contributed by atoms with E-state index in [9.17, 15) is 0 Å². The van der Waals surface area contributed by atoms with Crippen LogP contribution in [-0.4, -0.2) is 6.54 Å². The predicted octanol–water partition coefficient (Wildman–Crippen LogP) is 5.95. The van der Waals surface area contributed by atoms with Crippen LogP contribution in [0.2, 0.25) is 15.1 Å². The minimum atomic E-state index is 0.0420. The molecule has 0 radical (unpaired) electrons. The van der Waals surface area contributed by atoms with Crippen LogP contribution in [0, 0.1) is 3.57 Å². The maximum atomic E-state index is 6.13. The van der Waals surface area contributed by atoms with Gasteiger partial charge >= 0.3 is 0 Å². The van der Waals surface area contributed by atoms with E-state index in [4.69, 9.17) is 34.8 Å². The molecular formula is C15H13Cl3IN. The summed E-state index contributed by atoms with van der Waals surface area (Å²) in [4.78, 5) is 0. The van der Waals surface area contributed by atoms with E-state index in [1.165, 1.54) is 0 Å². The van der Waals surface area contributed by atoms with E-state index in [1.54, 1.807) is 0 Å². The molecule has 1 nitrogen and oxygen atoms in total. The lowest BCUT2D eigenvalue weighted by molar-refractivity contribution is 0.628. The zero-order valence-corrected chi connectivity index (χ0v) is 15.2. The molecule has 2 rings (SSSR count). The molecule has 106 valence electrons. The highest BCUT2D eigenvalue weighted by molar-refractivity contribution is 14.1. The maximum absolute atomic E-state index is 6.13. The van der Waals surface area contributed by atoms with Crippen molar-refractivity contribution < 1.29 is 0 Å². The van der Waals surface area contributed by atoms with Crippen molar-refractivity contribution in [1.82, 2.24) is 5.32 Å². The molecule has 5 heteroatoms. The molecule has 0 aliphatic rings. The van der Waals surface area contributed by atoms with Gasteiger partial charge in [0.15, 0.2) is 0 Å². The Morgan fingerprint density at radius 1 is 1.05 bits per heavy atom. The molecule has 0 aliphatic carbocycles. The molecule has 20 heavy (non-hydrogen) atoms. The molecule has 0 heterocycles. The van der Waals surface area contributed by atoms with E-state index in [0.29, 0.717) is 10.0 Å². The second-order valence-electron chi connectivity index (χ2n) is 4.33. The number of hydrogen-bond donors (Lipinski definition) is 1. The first-order chi connectivity index (χ1) is 9.52. The van der Waals surface area contributed by atoms with Crippen molar-refractivity contribution >= 4 is 57.4 Å². The Balaban J connectivity index is 2.49. The van der Waals surface area contributed by atoms with Crippen molar-refractivity contribution in [1.29, 1.82) is 0 Å². The molecular weight excluding hydrogens is 427 g/mol. The molecule has 0 saturated heterocycles. The van der Waals surface area contributed by atoms with Crippen LogP contribution in [0.5, 0.6) is 0 Å². The number of hydrogen-bond acceptors (Lipinski definition) is 1. The van der Waals surface area contributed by atoms with Gasteiger partial charge in [-0.1, -0.05) is 47.8 Å². The molecule has 0 saturated carbocycles. The summed E-state index contributed by atoms with van der Waals surface area (Å²) in [5, 5.41) is 5.31. The lowest BCUT2D eigenvalue weighted by Gasteiger charge is -2.21. The lowest BCUT2D eigenvalue weighted by Crippen LogP contribution is -2.22. The summed E-state index contributed by atoms with van der Waals surface area (Å²) in [7, 11) is 0. The molecule has 0 aromatic heterocycles. The SMILES string of the molecule is CCNC(c1ccc(Cl)c(Cl)c1)c1cc(Cl)ccc1I. The van der Waals surface area contributed by atoms with Crippen LogP contribution in [0.25, 0.3) is 0 Å². The fraction of sp³-hybridized carbons (Fsp3) is 0.200. The van der Waals surface area contributed by atoms with Crippen LogP contribution in [-0.2, 0) is 0 Å². The van der Waals surface area contributed by atoms with Crippen molar-refractivity contribution in [3.8, 4) is 0 Å². The summed E-state index contributed by atoms with van der Waals surface area (Å²) in [6.07, 6.45) is 0. The van der Waals surface area contributed by atoms with E-state index < -0.39 is 0 Å². The van der Waals surface area contributed by atoms with Gasteiger partial charge in [0.25, 0.3) is 0 Å². The highest BCUT2D eigenvalue weighted by atomic mass is 127. The summed E-state index contributed by atoms with van der Waals surface area (Å²) in [5.74, 6) is 0. The van der Waals surface area contributed by atoms with Crippen molar-refractivity contribution in [2.75, 3.05) is 6.54 Å². The molecule has 0 amide bonds. The Bertz CT molecular complexity index is 616. The Morgan fingerprint density at radius 3 is 2.45 bits per heavy atom. The third-order valence-corrected chi connectivity index (χ3v) is 4.91. The molecule has 1 N–H and O–H groups in total. The highest BCUT2D eigenvalue weighted by Gasteiger charge is 2.17. The molecule has 0 spiro atoms. The van der Waals surface area contributed by atoms with Crippen molar-refractivity contribution in [2.45, 2.75) is 13.0 Å². The highest BCUT2D eigenvalue weighted by Crippen LogP contribution is 2.32. The van der Waals surface area contributed by atoms with Gasteiger partial charge in [0.2, 0.25) is 0 Å². The van der Waals surface area contributed by atoms with Gasteiger partial charge in [0.05, 0.1) is 16.1 Å². The topological polar surface area (TPSA) is 12.0 Å². The van der Waals surface area contributed by atoms with E-state index >= 15 is 0 Å². The first-order valence-electron chi connectivity index (χ1n) is 6.16. The number of rotatable bonds is 4. The van der Waals surface area contributed by atoms with Crippen LogP contribution in [0.1, 0.15) is 24.1 Å². The Kier molecular flexibility index (Phi) is 5.99. The van der Waals surface area contributed by atoms with E-state index in [1.807, 2.05) is 36.4 Å².